The molecule has 1 heterocycles. The minimum atomic E-state index is -0.161. The number of thiophene rings is 1. The first-order valence-electron chi connectivity index (χ1n) is 7.82. The van der Waals surface area contributed by atoms with Gasteiger partial charge in [-0.2, -0.15) is 5.26 Å². The third-order valence-corrected chi connectivity index (χ3v) is 5.16. The Bertz CT molecular complexity index is 755. The maximum Gasteiger partial charge on any atom is 0.227 e. The highest BCUT2D eigenvalue weighted by Crippen LogP contribution is 2.19. The lowest BCUT2D eigenvalue weighted by Crippen LogP contribution is -2.33. The van der Waals surface area contributed by atoms with Gasteiger partial charge in [0.15, 0.2) is 0 Å². The van der Waals surface area contributed by atoms with Crippen LogP contribution in [0.2, 0.25) is 0 Å². The van der Waals surface area contributed by atoms with Gasteiger partial charge in [0.25, 0.3) is 0 Å². The quantitative estimate of drug-likeness (QED) is 0.705. The first-order valence-corrected chi connectivity index (χ1v) is 9.49. The van der Waals surface area contributed by atoms with Crippen LogP contribution in [0.3, 0.4) is 0 Å². The Morgan fingerprint density at radius 1 is 1.24 bits per heavy atom. The van der Waals surface area contributed by atoms with Crippen LogP contribution in [0, 0.1) is 11.3 Å². The maximum absolute atomic E-state index is 12.5. The second-order valence-electron chi connectivity index (χ2n) is 5.30. The lowest BCUT2D eigenvalue weighted by atomic mass is 10.2. The van der Waals surface area contributed by atoms with Crippen LogP contribution in [0.4, 0.5) is 5.69 Å². The number of benzene rings is 1. The molecule has 1 aromatic heterocycles. The Hall–Kier alpha value is -2.17. The van der Waals surface area contributed by atoms with Crippen LogP contribution in [-0.2, 0) is 16.1 Å². The van der Waals surface area contributed by atoms with Crippen LogP contribution >= 0.6 is 27.3 Å². The highest BCUT2D eigenvalue weighted by atomic mass is 79.9. The zero-order chi connectivity index (χ0) is 18.1. The SMILES string of the molecule is N#CCCN(C(=O)CCC(=O)NCc1cc(Br)cs1)c1ccccc1. The van der Waals surface area contributed by atoms with E-state index in [-0.39, 0.29) is 31.1 Å². The molecule has 25 heavy (non-hydrogen) atoms. The number of para-hydroxylation sites is 1. The molecule has 7 heteroatoms. The van der Waals surface area contributed by atoms with Crippen molar-refractivity contribution in [2.24, 2.45) is 0 Å². The smallest absolute Gasteiger partial charge is 0.227 e. The number of rotatable bonds is 8. The lowest BCUT2D eigenvalue weighted by molar-refractivity contribution is -0.125. The van der Waals surface area contributed by atoms with Crippen molar-refractivity contribution in [1.82, 2.24) is 5.32 Å². The topological polar surface area (TPSA) is 73.2 Å². The van der Waals surface area contributed by atoms with E-state index in [2.05, 4.69) is 27.3 Å². The van der Waals surface area contributed by atoms with Crippen molar-refractivity contribution in [3.8, 4) is 6.07 Å². The summed E-state index contributed by atoms with van der Waals surface area (Å²) < 4.78 is 0.993. The molecule has 0 aliphatic carbocycles. The Balaban J connectivity index is 1.85. The minimum absolute atomic E-state index is 0.111. The molecule has 0 fully saturated rings. The van der Waals surface area contributed by atoms with Gasteiger partial charge in [-0.15, -0.1) is 11.3 Å². The molecule has 5 nitrogen and oxygen atoms in total. The molecule has 0 spiro atoms. The van der Waals surface area contributed by atoms with Gasteiger partial charge in [0.05, 0.1) is 19.0 Å². The van der Waals surface area contributed by atoms with E-state index < -0.39 is 0 Å². The second-order valence-corrected chi connectivity index (χ2v) is 7.21. The summed E-state index contributed by atoms with van der Waals surface area (Å²) in [4.78, 5) is 27.0. The summed E-state index contributed by atoms with van der Waals surface area (Å²) in [6, 6.07) is 13.2. The maximum atomic E-state index is 12.5. The van der Waals surface area contributed by atoms with Crippen LogP contribution in [0.1, 0.15) is 24.1 Å². The van der Waals surface area contributed by atoms with E-state index in [1.54, 1.807) is 16.2 Å². The van der Waals surface area contributed by atoms with Gasteiger partial charge < -0.3 is 10.2 Å². The monoisotopic (exact) mass is 419 g/mol. The van der Waals surface area contributed by atoms with E-state index in [4.69, 9.17) is 5.26 Å². The van der Waals surface area contributed by atoms with Crippen molar-refractivity contribution < 1.29 is 9.59 Å². The van der Waals surface area contributed by atoms with Gasteiger partial charge in [0, 0.05) is 39.8 Å². The van der Waals surface area contributed by atoms with E-state index in [1.807, 2.05) is 41.8 Å². The molecule has 130 valence electrons. The summed E-state index contributed by atoms with van der Waals surface area (Å²) in [6.07, 6.45) is 0.488. The van der Waals surface area contributed by atoms with Crippen LogP contribution in [0.25, 0.3) is 0 Å². The van der Waals surface area contributed by atoms with Crippen molar-refractivity contribution >= 4 is 44.8 Å². The van der Waals surface area contributed by atoms with Crippen LogP contribution in [0.5, 0.6) is 0 Å². The zero-order valence-corrected chi connectivity index (χ0v) is 16.0. The minimum Gasteiger partial charge on any atom is -0.351 e. The molecule has 1 N–H and O–H groups in total. The fraction of sp³-hybridized carbons (Fsp3) is 0.278. The summed E-state index contributed by atoms with van der Waals surface area (Å²) >= 11 is 4.93. The molecular weight excluding hydrogens is 402 g/mol. The van der Waals surface area contributed by atoms with E-state index in [9.17, 15) is 9.59 Å². The number of anilines is 1. The Morgan fingerprint density at radius 3 is 2.64 bits per heavy atom. The average Bonchev–Trinajstić information content (AvgIpc) is 3.05. The molecule has 0 radical (unpaired) electrons. The van der Waals surface area contributed by atoms with E-state index >= 15 is 0 Å². The van der Waals surface area contributed by atoms with Crippen molar-refractivity contribution in [3.63, 3.8) is 0 Å². The molecule has 2 rings (SSSR count). The Morgan fingerprint density at radius 2 is 2.00 bits per heavy atom. The third kappa shape index (κ3) is 6.33. The molecule has 0 atom stereocenters. The van der Waals surface area contributed by atoms with E-state index in [0.29, 0.717) is 13.1 Å². The normalized spacial score (nSPS) is 10.1. The number of amides is 2. The van der Waals surface area contributed by atoms with Crippen molar-refractivity contribution in [2.45, 2.75) is 25.8 Å². The van der Waals surface area contributed by atoms with Crippen LogP contribution in [-0.4, -0.2) is 18.4 Å². The van der Waals surface area contributed by atoms with Gasteiger partial charge in [-0.25, -0.2) is 0 Å². The van der Waals surface area contributed by atoms with Gasteiger partial charge in [-0.05, 0) is 34.1 Å². The summed E-state index contributed by atoms with van der Waals surface area (Å²) in [5, 5.41) is 13.6. The highest BCUT2D eigenvalue weighted by Gasteiger charge is 2.16. The molecule has 0 bridgehead atoms. The predicted molar refractivity (Wildman–Crippen MR) is 102 cm³/mol. The Labute approximate surface area is 159 Å². The molecule has 0 aliphatic rings. The van der Waals surface area contributed by atoms with Crippen LogP contribution in [0.15, 0.2) is 46.3 Å². The molecule has 2 aromatic rings. The van der Waals surface area contributed by atoms with E-state index in [0.717, 1.165) is 15.0 Å². The van der Waals surface area contributed by atoms with Gasteiger partial charge >= 0.3 is 0 Å². The molecule has 1 aromatic carbocycles. The van der Waals surface area contributed by atoms with Crippen molar-refractivity contribution in [2.75, 3.05) is 11.4 Å². The molecule has 0 aliphatic heterocycles. The zero-order valence-electron chi connectivity index (χ0n) is 13.6. The first kappa shape index (κ1) is 19.2. The molecule has 0 saturated heterocycles. The second kappa shape index (κ2) is 9.97. The number of carbonyl (C=O) groups is 2. The summed E-state index contributed by atoms with van der Waals surface area (Å²) in [6.45, 7) is 0.782. The van der Waals surface area contributed by atoms with Crippen LogP contribution < -0.4 is 10.2 Å². The summed E-state index contributed by atoms with van der Waals surface area (Å²) in [5.74, 6) is -0.318. The number of hydrogen-bond donors (Lipinski definition) is 1. The number of nitrogens with zero attached hydrogens (tertiary/aromatic N) is 2. The highest BCUT2D eigenvalue weighted by molar-refractivity contribution is 9.10. The molecule has 2 amide bonds. The van der Waals surface area contributed by atoms with Gasteiger partial charge in [0.1, 0.15) is 0 Å². The third-order valence-electron chi connectivity index (χ3n) is 3.46. The van der Waals surface area contributed by atoms with E-state index in [1.165, 1.54) is 0 Å². The number of halogens is 1. The number of nitriles is 1. The average molecular weight is 420 g/mol. The number of carbonyl (C=O) groups excluding carboxylic acids is 2. The fourth-order valence-corrected chi connectivity index (χ4v) is 3.63. The molecular formula is C18H18BrN3O2S. The fourth-order valence-electron chi connectivity index (χ4n) is 2.24. The lowest BCUT2D eigenvalue weighted by Gasteiger charge is -2.21. The largest absolute Gasteiger partial charge is 0.351 e. The summed E-state index contributed by atoms with van der Waals surface area (Å²) in [5.41, 5.74) is 0.742. The first-order chi connectivity index (χ1) is 12.1. The molecule has 0 unspecified atom stereocenters. The molecule has 0 saturated carbocycles. The van der Waals surface area contributed by atoms with Crippen molar-refractivity contribution in [3.05, 3.63) is 51.1 Å². The number of nitrogens with one attached hydrogen (secondary N) is 1. The predicted octanol–water partition coefficient (Wildman–Crippen LogP) is 3.85. The van der Waals surface area contributed by atoms with Gasteiger partial charge in [-0.3, -0.25) is 9.59 Å². The Kier molecular flexibility index (Phi) is 7.64. The summed E-state index contributed by atoms with van der Waals surface area (Å²) in [7, 11) is 0. The van der Waals surface area contributed by atoms with Gasteiger partial charge in [-0.1, -0.05) is 18.2 Å². The van der Waals surface area contributed by atoms with Crippen molar-refractivity contribution in [1.29, 1.82) is 5.26 Å². The standard InChI is InChI=1S/C18H18BrN3O2S/c19-14-11-16(25-13-14)12-21-17(23)7-8-18(24)22(10-4-9-20)15-5-2-1-3-6-15/h1-3,5-6,11,13H,4,7-8,10,12H2,(H,21,23). The van der Waals surface area contributed by atoms with Gasteiger partial charge in [0.2, 0.25) is 11.8 Å². The number of hydrogen-bond acceptors (Lipinski definition) is 4.